The van der Waals surface area contributed by atoms with E-state index >= 15 is 0 Å². The van der Waals surface area contributed by atoms with Crippen LogP contribution in [0, 0.1) is 25.5 Å². The van der Waals surface area contributed by atoms with Crippen molar-refractivity contribution in [1.29, 1.82) is 0 Å². The highest BCUT2D eigenvalue weighted by molar-refractivity contribution is 7.89. The van der Waals surface area contributed by atoms with E-state index in [-0.39, 0.29) is 11.5 Å². The van der Waals surface area contributed by atoms with Crippen LogP contribution in [-0.2, 0) is 10.0 Å². The first-order valence-corrected chi connectivity index (χ1v) is 11.9. The number of aromatic nitrogens is 2. The van der Waals surface area contributed by atoms with Gasteiger partial charge in [0.05, 0.1) is 4.90 Å². The molecule has 1 aromatic heterocycles. The Bertz CT molecular complexity index is 1190. The molecule has 2 aromatic carbocycles. The van der Waals surface area contributed by atoms with Gasteiger partial charge in [-0.1, -0.05) is 23.5 Å². The van der Waals surface area contributed by atoms with E-state index in [1.54, 1.807) is 13.0 Å². The average Bonchev–Trinajstić information content (AvgIpc) is 3.19. The lowest BCUT2D eigenvalue weighted by atomic mass is 9.99. The molecule has 9 heteroatoms. The average molecular weight is 450 g/mol. The lowest BCUT2D eigenvalue weighted by molar-refractivity contribution is 0.318. The molecule has 1 aliphatic heterocycles. The Morgan fingerprint density at radius 3 is 2.47 bits per heavy atom. The third kappa shape index (κ3) is 4.01. The fourth-order valence-corrected chi connectivity index (χ4v) is 6.46. The highest BCUT2D eigenvalue weighted by Crippen LogP contribution is 2.36. The summed E-state index contributed by atoms with van der Waals surface area (Å²) in [7, 11) is -3.55. The molecule has 1 saturated heterocycles. The van der Waals surface area contributed by atoms with Gasteiger partial charge >= 0.3 is 0 Å². The number of halogens is 2. The second kappa shape index (κ2) is 8.13. The molecular weight excluding hydrogens is 428 g/mol. The summed E-state index contributed by atoms with van der Waals surface area (Å²) in [5.74, 6) is -1.25. The predicted octanol–water partition coefficient (Wildman–Crippen LogP) is 4.67. The van der Waals surface area contributed by atoms with E-state index in [0.29, 0.717) is 35.8 Å². The van der Waals surface area contributed by atoms with Crippen LogP contribution >= 0.6 is 11.3 Å². The molecule has 0 unspecified atom stereocenters. The van der Waals surface area contributed by atoms with Gasteiger partial charge in [-0.05, 0) is 56.0 Å². The topological polar surface area (TPSA) is 63.2 Å². The molecule has 1 fully saturated rings. The molecule has 5 nitrogen and oxygen atoms in total. The molecule has 0 atom stereocenters. The molecule has 0 spiro atoms. The normalized spacial score (nSPS) is 16.1. The van der Waals surface area contributed by atoms with Gasteiger partial charge in [0, 0.05) is 30.6 Å². The van der Waals surface area contributed by atoms with E-state index in [9.17, 15) is 17.2 Å². The van der Waals surface area contributed by atoms with Crippen LogP contribution in [0.4, 0.5) is 8.78 Å². The number of rotatable bonds is 4. The van der Waals surface area contributed by atoms with Gasteiger partial charge in [-0.15, -0.1) is 10.2 Å². The molecule has 4 rings (SSSR count). The quantitative estimate of drug-likeness (QED) is 0.581. The van der Waals surface area contributed by atoms with Crippen molar-refractivity contribution in [1.82, 2.24) is 14.5 Å². The van der Waals surface area contributed by atoms with Crippen LogP contribution in [0.15, 0.2) is 41.3 Å². The fraction of sp³-hybridized carbons (Fsp3) is 0.333. The van der Waals surface area contributed by atoms with E-state index in [1.807, 2.05) is 19.1 Å². The molecule has 0 radical (unpaired) electrons. The van der Waals surface area contributed by atoms with Crippen molar-refractivity contribution in [2.45, 2.75) is 37.5 Å². The van der Waals surface area contributed by atoms with E-state index < -0.39 is 21.7 Å². The number of sulfonamides is 1. The Morgan fingerprint density at radius 1 is 1.03 bits per heavy atom. The SMILES string of the molecule is Cc1ccc(C)c(S(=O)(=O)N2CCC(c3nnc(-c4ccc(F)cc4F)s3)CC2)c1. The standard InChI is InChI=1S/C21H21F2N3O2S2/c1-13-3-4-14(2)19(11-13)30(27,28)26-9-7-15(8-10-26)20-24-25-21(29-20)17-6-5-16(22)12-18(17)23/h3-6,11-12,15H,7-10H2,1-2H3. The zero-order valence-corrected chi connectivity index (χ0v) is 18.2. The Labute approximate surface area is 178 Å². The van der Waals surface area contributed by atoms with Gasteiger partial charge in [-0.2, -0.15) is 4.31 Å². The highest BCUT2D eigenvalue weighted by Gasteiger charge is 2.32. The zero-order valence-electron chi connectivity index (χ0n) is 16.6. The van der Waals surface area contributed by atoms with E-state index in [0.717, 1.165) is 22.2 Å². The number of aryl methyl sites for hydroxylation is 2. The second-order valence-electron chi connectivity index (χ2n) is 7.52. The number of hydrogen-bond acceptors (Lipinski definition) is 5. The molecule has 3 aromatic rings. The van der Waals surface area contributed by atoms with Crippen molar-refractivity contribution in [3.8, 4) is 10.6 Å². The summed E-state index contributed by atoms with van der Waals surface area (Å²) < 4.78 is 54.8. The zero-order chi connectivity index (χ0) is 21.5. The first kappa shape index (κ1) is 21.0. The van der Waals surface area contributed by atoms with Gasteiger partial charge in [0.15, 0.2) is 5.01 Å². The number of benzene rings is 2. The Kier molecular flexibility index (Phi) is 5.69. The predicted molar refractivity (Wildman–Crippen MR) is 112 cm³/mol. The first-order chi connectivity index (χ1) is 14.3. The fourth-order valence-electron chi connectivity index (χ4n) is 3.64. The molecule has 0 saturated carbocycles. The maximum absolute atomic E-state index is 14.0. The van der Waals surface area contributed by atoms with Crippen molar-refractivity contribution in [2.24, 2.45) is 0 Å². The molecule has 2 heterocycles. The van der Waals surface area contributed by atoms with E-state index in [1.165, 1.54) is 27.8 Å². The van der Waals surface area contributed by atoms with Gasteiger partial charge in [0.25, 0.3) is 0 Å². The van der Waals surface area contributed by atoms with Crippen LogP contribution in [0.3, 0.4) is 0 Å². The van der Waals surface area contributed by atoms with Crippen molar-refractivity contribution in [3.63, 3.8) is 0 Å². The third-order valence-corrected chi connectivity index (χ3v) is 8.53. The molecule has 0 amide bonds. The summed E-state index contributed by atoms with van der Waals surface area (Å²) in [4.78, 5) is 0.353. The summed E-state index contributed by atoms with van der Waals surface area (Å²) in [5, 5.41) is 9.40. The molecule has 1 aliphatic rings. The highest BCUT2D eigenvalue weighted by atomic mass is 32.2. The smallest absolute Gasteiger partial charge is 0.207 e. The third-order valence-electron chi connectivity index (χ3n) is 5.37. The molecule has 30 heavy (non-hydrogen) atoms. The van der Waals surface area contributed by atoms with Crippen LogP contribution in [0.2, 0.25) is 0 Å². The lowest BCUT2D eigenvalue weighted by Crippen LogP contribution is -2.38. The largest absolute Gasteiger partial charge is 0.243 e. The van der Waals surface area contributed by atoms with Gasteiger partial charge < -0.3 is 0 Å². The van der Waals surface area contributed by atoms with E-state index in [4.69, 9.17) is 0 Å². The van der Waals surface area contributed by atoms with Crippen molar-refractivity contribution in [3.05, 3.63) is 64.2 Å². The lowest BCUT2D eigenvalue weighted by Gasteiger charge is -2.30. The maximum Gasteiger partial charge on any atom is 0.243 e. The summed E-state index contributed by atoms with van der Waals surface area (Å²) in [5.41, 5.74) is 1.86. The molecular formula is C21H21F2N3O2S2. The monoisotopic (exact) mass is 449 g/mol. The Hall–Kier alpha value is -2.23. The summed E-state index contributed by atoms with van der Waals surface area (Å²) in [6.45, 7) is 4.46. The maximum atomic E-state index is 14.0. The van der Waals surface area contributed by atoms with Crippen LogP contribution in [-0.4, -0.2) is 36.0 Å². The van der Waals surface area contributed by atoms with E-state index in [2.05, 4.69) is 10.2 Å². The van der Waals surface area contributed by atoms with Crippen molar-refractivity contribution >= 4 is 21.4 Å². The van der Waals surface area contributed by atoms with Crippen LogP contribution < -0.4 is 0 Å². The molecule has 0 N–H and O–H groups in total. The van der Waals surface area contributed by atoms with Gasteiger partial charge in [0.2, 0.25) is 10.0 Å². The first-order valence-electron chi connectivity index (χ1n) is 9.62. The van der Waals surface area contributed by atoms with Crippen LogP contribution in [0.1, 0.15) is 34.9 Å². The minimum absolute atomic E-state index is 0.0600. The summed E-state index contributed by atoms with van der Waals surface area (Å²) >= 11 is 1.27. The Balaban J connectivity index is 1.49. The molecule has 0 bridgehead atoms. The van der Waals surface area contributed by atoms with Crippen LogP contribution in [0.25, 0.3) is 10.6 Å². The molecule has 0 aliphatic carbocycles. The summed E-state index contributed by atoms with van der Waals surface area (Å²) in [6.07, 6.45) is 1.23. The van der Waals surface area contributed by atoms with Gasteiger partial charge in [-0.25, -0.2) is 17.2 Å². The van der Waals surface area contributed by atoms with Crippen molar-refractivity contribution in [2.75, 3.05) is 13.1 Å². The Morgan fingerprint density at radius 2 is 1.77 bits per heavy atom. The number of hydrogen-bond donors (Lipinski definition) is 0. The van der Waals surface area contributed by atoms with Crippen molar-refractivity contribution < 1.29 is 17.2 Å². The van der Waals surface area contributed by atoms with Gasteiger partial charge in [-0.3, -0.25) is 0 Å². The van der Waals surface area contributed by atoms with Crippen LogP contribution in [0.5, 0.6) is 0 Å². The molecule has 158 valence electrons. The number of nitrogens with zero attached hydrogens (tertiary/aromatic N) is 3. The second-order valence-corrected chi connectivity index (χ2v) is 10.4. The minimum atomic E-state index is -3.55. The number of piperidine rings is 1. The van der Waals surface area contributed by atoms with Gasteiger partial charge in [0.1, 0.15) is 16.6 Å². The summed E-state index contributed by atoms with van der Waals surface area (Å²) in [6, 6.07) is 8.81. The minimum Gasteiger partial charge on any atom is -0.207 e.